The van der Waals surface area contributed by atoms with Crippen molar-refractivity contribution in [1.82, 2.24) is 0 Å². The third-order valence-electron chi connectivity index (χ3n) is 4.08. The average Bonchev–Trinajstić information content (AvgIpc) is 3.45. The largest absolute Gasteiger partial charge is 0.370 e. The fourth-order valence-electron chi connectivity index (χ4n) is 2.69. The summed E-state index contributed by atoms with van der Waals surface area (Å²) in [4.78, 5) is 0. The van der Waals surface area contributed by atoms with Crippen LogP contribution in [0.4, 0.5) is 0 Å². The van der Waals surface area contributed by atoms with E-state index in [1.807, 2.05) is 48.5 Å². The van der Waals surface area contributed by atoms with Gasteiger partial charge in [0.2, 0.25) is 0 Å². The molecule has 0 aliphatic carbocycles. The third kappa shape index (κ3) is 3.70. The van der Waals surface area contributed by atoms with E-state index in [1.54, 1.807) is 0 Å². The minimum absolute atomic E-state index is 0.0877. The molecule has 0 spiro atoms. The summed E-state index contributed by atoms with van der Waals surface area (Å²) in [5, 5.41) is 1.42. The summed E-state index contributed by atoms with van der Waals surface area (Å²) in [7, 11) is 0. The van der Waals surface area contributed by atoms with Gasteiger partial charge in [0.15, 0.2) is 0 Å². The van der Waals surface area contributed by atoms with E-state index >= 15 is 0 Å². The molecule has 2 fully saturated rings. The van der Waals surface area contributed by atoms with Gasteiger partial charge in [-0.05, 0) is 35.4 Å². The van der Waals surface area contributed by atoms with Crippen molar-refractivity contribution in [2.45, 2.75) is 24.4 Å². The maximum atomic E-state index is 6.41. The molecule has 2 aliphatic heterocycles. The van der Waals surface area contributed by atoms with Crippen LogP contribution in [-0.4, -0.2) is 25.4 Å². The van der Waals surface area contributed by atoms with Crippen LogP contribution in [0.1, 0.15) is 23.3 Å². The number of halogens is 2. The molecule has 2 heterocycles. The van der Waals surface area contributed by atoms with Gasteiger partial charge in [0.05, 0.1) is 13.2 Å². The third-order valence-corrected chi connectivity index (χ3v) is 4.59. The van der Waals surface area contributed by atoms with Crippen LogP contribution < -0.4 is 0 Å². The van der Waals surface area contributed by atoms with Gasteiger partial charge in [-0.2, -0.15) is 0 Å². The van der Waals surface area contributed by atoms with E-state index in [4.69, 9.17) is 37.4 Å². The fourth-order valence-corrected chi connectivity index (χ4v) is 2.94. The van der Waals surface area contributed by atoms with E-state index < -0.39 is 0 Å². The summed E-state index contributed by atoms with van der Waals surface area (Å²) in [5.41, 5.74) is 2.13. The van der Waals surface area contributed by atoms with Gasteiger partial charge in [-0.15, -0.1) is 0 Å². The Labute approximate surface area is 145 Å². The van der Waals surface area contributed by atoms with Gasteiger partial charge < -0.3 is 14.2 Å². The molecule has 120 valence electrons. The zero-order chi connectivity index (χ0) is 15.8. The molecule has 23 heavy (non-hydrogen) atoms. The molecular weight excluding hydrogens is 335 g/mol. The van der Waals surface area contributed by atoms with E-state index in [0.717, 1.165) is 11.1 Å². The Kier molecular flexibility index (Phi) is 4.31. The molecule has 2 saturated heterocycles. The highest BCUT2D eigenvalue weighted by molar-refractivity contribution is 6.30. The summed E-state index contributed by atoms with van der Waals surface area (Å²) in [6.45, 7) is 1.43. The van der Waals surface area contributed by atoms with Gasteiger partial charge in [0.25, 0.3) is 0 Å². The van der Waals surface area contributed by atoms with E-state index in [1.165, 1.54) is 0 Å². The van der Waals surface area contributed by atoms with Crippen molar-refractivity contribution < 1.29 is 14.2 Å². The second-order valence-electron chi connectivity index (χ2n) is 5.82. The zero-order valence-electron chi connectivity index (χ0n) is 12.3. The number of hydrogen-bond donors (Lipinski definition) is 0. The van der Waals surface area contributed by atoms with Gasteiger partial charge in [-0.3, -0.25) is 0 Å². The molecule has 2 aromatic rings. The Morgan fingerprint density at radius 1 is 0.739 bits per heavy atom. The predicted octanol–water partition coefficient (Wildman–Crippen LogP) is 4.59. The van der Waals surface area contributed by atoms with Crippen molar-refractivity contribution in [3.05, 3.63) is 69.7 Å². The van der Waals surface area contributed by atoms with Crippen LogP contribution in [0.2, 0.25) is 10.0 Å². The summed E-state index contributed by atoms with van der Waals surface area (Å²) in [5.74, 6) is 0. The lowest BCUT2D eigenvalue weighted by atomic mass is 10.0. The van der Waals surface area contributed by atoms with Crippen molar-refractivity contribution in [2.24, 2.45) is 0 Å². The molecule has 0 saturated carbocycles. The summed E-state index contributed by atoms with van der Waals surface area (Å²) >= 11 is 12.0. The second-order valence-corrected chi connectivity index (χ2v) is 6.70. The number of rotatable bonds is 6. The first-order valence-corrected chi connectivity index (χ1v) is 8.36. The standard InChI is InChI=1S/C18H16Cl2O3/c19-13-5-1-11(2-6-13)17(15-9-21-15)23-18(16-10-22-16)12-3-7-14(20)8-4-12/h1-8,15-18H,9-10H2/t15-,16+,17+,18-. The molecule has 4 atom stereocenters. The van der Waals surface area contributed by atoms with Crippen LogP contribution in [0.5, 0.6) is 0 Å². The Morgan fingerprint density at radius 3 is 1.39 bits per heavy atom. The van der Waals surface area contributed by atoms with Gasteiger partial charge in [0.1, 0.15) is 24.4 Å². The molecule has 0 radical (unpaired) electrons. The normalized spacial score (nSPS) is 25.0. The summed E-state index contributed by atoms with van der Waals surface area (Å²) < 4.78 is 17.4. The van der Waals surface area contributed by atoms with E-state index in [-0.39, 0.29) is 24.4 Å². The van der Waals surface area contributed by atoms with Gasteiger partial charge >= 0.3 is 0 Å². The first-order chi connectivity index (χ1) is 11.2. The Morgan fingerprint density at radius 2 is 1.09 bits per heavy atom. The molecule has 0 amide bonds. The van der Waals surface area contributed by atoms with E-state index in [2.05, 4.69) is 0 Å². The lowest BCUT2D eigenvalue weighted by Crippen LogP contribution is -2.19. The SMILES string of the molecule is Clc1ccc([C@@H](O[C@@H](c2ccc(Cl)cc2)[C@H]2CO2)[C@@H]2CO2)cc1. The molecule has 5 heteroatoms. The Hall–Kier alpha value is -1.10. The number of ether oxygens (including phenoxy) is 3. The van der Waals surface area contributed by atoms with Gasteiger partial charge in [0, 0.05) is 10.0 Å². The monoisotopic (exact) mass is 350 g/mol. The van der Waals surface area contributed by atoms with Crippen LogP contribution in [-0.2, 0) is 14.2 Å². The van der Waals surface area contributed by atoms with Crippen LogP contribution >= 0.6 is 23.2 Å². The summed E-state index contributed by atoms with van der Waals surface area (Å²) in [6.07, 6.45) is -0.0799. The molecular formula is C18H16Cl2O3. The quantitative estimate of drug-likeness (QED) is 0.714. The van der Waals surface area contributed by atoms with Crippen LogP contribution in [0.25, 0.3) is 0 Å². The highest BCUT2D eigenvalue weighted by Crippen LogP contribution is 2.40. The van der Waals surface area contributed by atoms with Crippen LogP contribution in [0.3, 0.4) is 0 Å². The highest BCUT2D eigenvalue weighted by atomic mass is 35.5. The first-order valence-electron chi connectivity index (χ1n) is 7.60. The van der Waals surface area contributed by atoms with E-state index in [9.17, 15) is 0 Å². The van der Waals surface area contributed by atoms with E-state index in [0.29, 0.717) is 23.3 Å². The Balaban J connectivity index is 1.58. The molecule has 4 rings (SSSR count). The molecule has 3 nitrogen and oxygen atoms in total. The molecule has 0 N–H and O–H groups in total. The number of benzene rings is 2. The van der Waals surface area contributed by atoms with Crippen molar-refractivity contribution >= 4 is 23.2 Å². The minimum atomic E-state index is -0.128. The zero-order valence-corrected chi connectivity index (χ0v) is 13.8. The molecule has 0 unspecified atom stereocenters. The number of hydrogen-bond acceptors (Lipinski definition) is 3. The first kappa shape index (κ1) is 15.4. The maximum absolute atomic E-state index is 6.41. The maximum Gasteiger partial charge on any atom is 0.112 e. The Bertz CT molecular complexity index is 604. The minimum Gasteiger partial charge on any atom is -0.370 e. The fraction of sp³-hybridized carbons (Fsp3) is 0.333. The topological polar surface area (TPSA) is 34.3 Å². The molecule has 0 bridgehead atoms. The lowest BCUT2D eigenvalue weighted by Gasteiger charge is -2.24. The predicted molar refractivity (Wildman–Crippen MR) is 89.0 cm³/mol. The van der Waals surface area contributed by atoms with Crippen LogP contribution in [0, 0.1) is 0 Å². The van der Waals surface area contributed by atoms with Crippen LogP contribution in [0.15, 0.2) is 48.5 Å². The van der Waals surface area contributed by atoms with Gasteiger partial charge in [-0.25, -0.2) is 0 Å². The van der Waals surface area contributed by atoms with Crippen molar-refractivity contribution in [2.75, 3.05) is 13.2 Å². The second kappa shape index (κ2) is 6.42. The lowest BCUT2D eigenvalue weighted by molar-refractivity contribution is -0.0419. The van der Waals surface area contributed by atoms with Crippen molar-refractivity contribution in [3.8, 4) is 0 Å². The highest BCUT2D eigenvalue weighted by Gasteiger charge is 2.42. The molecule has 0 aromatic heterocycles. The van der Waals surface area contributed by atoms with Crippen molar-refractivity contribution in [1.29, 1.82) is 0 Å². The molecule has 2 aliphatic rings. The molecule has 2 aromatic carbocycles. The van der Waals surface area contributed by atoms with Gasteiger partial charge in [-0.1, -0.05) is 47.5 Å². The average molecular weight is 351 g/mol. The van der Waals surface area contributed by atoms with Crippen molar-refractivity contribution in [3.63, 3.8) is 0 Å². The number of epoxide rings is 2. The smallest absolute Gasteiger partial charge is 0.112 e. The summed E-state index contributed by atoms with van der Waals surface area (Å²) in [6, 6.07) is 15.5.